The lowest BCUT2D eigenvalue weighted by Crippen LogP contribution is -2.11. The molecule has 0 fully saturated rings. The summed E-state index contributed by atoms with van der Waals surface area (Å²) in [7, 11) is 0. The number of benzene rings is 1. The summed E-state index contributed by atoms with van der Waals surface area (Å²) < 4.78 is 33.5. The van der Waals surface area contributed by atoms with Crippen LogP contribution < -0.4 is 0 Å². The standard InChI is InChI=1S/C24H30O6/c1-4-25-10-19(1)13-28-16-22-7-23(17-29-14-20-2-5-26-11-20)9-24(8-22)18-30-15-21-3-6-27-12-21/h1-9,19-21H,10-18H2. The van der Waals surface area contributed by atoms with E-state index < -0.39 is 0 Å². The molecule has 0 N–H and O–H groups in total. The highest BCUT2D eigenvalue weighted by molar-refractivity contribution is 5.29. The Labute approximate surface area is 178 Å². The van der Waals surface area contributed by atoms with Crippen LogP contribution in [0.5, 0.6) is 0 Å². The molecular formula is C24H30O6. The zero-order chi connectivity index (χ0) is 20.4. The van der Waals surface area contributed by atoms with E-state index in [1.807, 2.05) is 18.2 Å². The average molecular weight is 414 g/mol. The summed E-state index contributed by atoms with van der Waals surface area (Å²) in [5.41, 5.74) is 3.39. The molecule has 162 valence electrons. The first-order chi connectivity index (χ1) is 14.8. The molecule has 30 heavy (non-hydrogen) atoms. The molecule has 0 aromatic heterocycles. The zero-order valence-electron chi connectivity index (χ0n) is 17.2. The quantitative estimate of drug-likeness (QED) is 0.520. The molecule has 0 bridgehead atoms. The smallest absolute Gasteiger partial charge is 0.0959 e. The molecule has 6 heteroatoms. The van der Waals surface area contributed by atoms with Crippen LogP contribution in [0.2, 0.25) is 0 Å². The second-order valence-electron chi connectivity index (χ2n) is 7.97. The van der Waals surface area contributed by atoms with Gasteiger partial charge in [-0.3, -0.25) is 0 Å². The Kier molecular flexibility index (Phi) is 7.83. The highest BCUT2D eigenvalue weighted by atomic mass is 16.5. The third-order valence-electron chi connectivity index (χ3n) is 5.19. The Hall–Kier alpha value is -2.28. The molecule has 3 heterocycles. The Balaban J connectivity index is 1.30. The van der Waals surface area contributed by atoms with Crippen molar-refractivity contribution < 1.29 is 28.4 Å². The molecule has 3 atom stereocenters. The Morgan fingerprint density at radius 3 is 1.17 bits per heavy atom. The molecule has 0 aliphatic carbocycles. The van der Waals surface area contributed by atoms with E-state index in [9.17, 15) is 0 Å². The molecule has 6 nitrogen and oxygen atoms in total. The van der Waals surface area contributed by atoms with Gasteiger partial charge in [-0.05, 0) is 34.9 Å². The van der Waals surface area contributed by atoms with Crippen LogP contribution in [-0.2, 0) is 48.2 Å². The number of rotatable bonds is 12. The van der Waals surface area contributed by atoms with E-state index in [4.69, 9.17) is 28.4 Å². The fourth-order valence-corrected chi connectivity index (χ4v) is 3.59. The summed E-state index contributed by atoms with van der Waals surface area (Å²) >= 11 is 0. The van der Waals surface area contributed by atoms with Gasteiger partial charge in [0.05, 0.1) is 78.2 Å². The maximum Gasteiger partial charge on any atom is 0.0959 e. The first-order valence-electron chi connectivity index (χ1n) is 10.5. The van der Waals surface area contributed by atoms with E-state index in [0.29, 0.717) is 77.2 Å². The van der Waals surface area contributed by atoms with Crippen LogP contribution in [0, 0.1) is 17.8 Å². The van der Waals surface area contributed by atoms with Crippen molar-refractivity contribution in [3.63, 3.8) is 0 Å². The third-order valence-corrected chi connectivity index (χ3v) is 5.19. The molecule has 3 aliphatic rings. The second-order valence-corrected chi connectivity index (χ2v) is 7.97. The number of hydrogen-bond donors (Lipinski definition) is 0. The SMILES string of the molecule is C1=CC(COCc2cc(COCC3C=COC3)cc(COCC3C=COC3)c2)CO1. The van der Waals surface area contributed by atoms with Gasteiger partial charge in [-0.25, -0.2) is 0 Å². The van der Waals surface area contributed by atoms with Crippen molar-refractivity contribution in [1.29, 1.82) is 0 Å². The van der Waals surface area contributed by atoms with E-state index in [1.54, 1.807) is 18.8 Å². The maximum absolute atomic E-state index is 5.92. The minimum absolute atomic E-state index is 0.336. The molecule has 3 aliphatic heterocycles. The fraction of sp³-hybridized carbons (Fsp3) is 0.500. The van der Waals surface area contributed by atoms with Crippen LogP contribution in [0.3, 0.4) is 0 Å². The molecule has 0 saturated heterocycles. The Bertz CT molecular complexity index is 644. The van der Waals surface area contributed by atoms with Gasteiger partial charge in [-0.2, -0.15) is 0 Å². The highest BCUT2D eigenvalue weighted by Gasteiger charge is 2.13. The van der Waals surface area contributed by atoms with Gasteiger partial charge in [0.1, 0.15) is 0 Å². The van der Waals surface area contributed by atoms with Crippen molar-refractivity contribution in [3.05, 3.63) is 71.9 Å². The van der Waals surface area contributed by atoms with Gasteiger partial charge >= 0.3 is 0 Å². The maximum atomic E-state index is 5.92. The van der Waals surface area contributed by atoms with Crippen molar-refractivity contribution in [3.8, 4) is 0 Å². The van der Waals surface area contributed by atoms with Gasteiger partial charge in [-0.15, -0.1) is 0 Å². The van der Waals surface area contributed by atoms with Crippen molar-refractivity contribution >= 4 is 0 Å². The van der Waals surface area contributed by atoms with Gasteiger partial charge in [0.15, 0.2) is 0 Å². The van der Waals surface area contributed by atoms with Gasteiger partial charge in [0.25, 0.3) is 0 Å². The summed E-state index contributed by atoms with van der Waals surface area (Å²) in [5.74, 6) is 1.01. The minimum atomic E-state index is 0.336. The minimum Gasteiger partial charge on any atom is -0.501 e. The van der Waals surface area contributed by atoms with E-state index in [1.165, 1.54) is 0 Å². The van der Waals surface area contributed by atoms with Crippen LogP contribution in [0.25, 0.3) is 0 Å². The van der Waals surface area contributed by atoms with Crippen molar-refractivity contribution in [2.24, 2.45) is 17.8 Å². The average Bonchev–Trinajstić information content (AvgIpc) is 3.52. The zero-order valence-corrected chi connectivity index (χ0v) is 17.2. The topological polar surface area (TPSA) is 55.4 Å². The van der Waals surface area contributed by atoms with E-state index in [0.717, 1.165) is 16.7 Å². The van der Waals surface area contributed by atoms with Crippen LogP contribution in [0.1, 0.15) is 16.7 Å². The van der Waals surface area contributed by atoms with Crippen molar-refractivity contribution in [2.45, 2.75) is 19.8 Å². The predicted octanol–water partition coefficient (Wildman–Crippen LogP) is 3.72. The molecule has 4 rings (SSSR count). The molecule has 1 aromatic rings. The fourth-order valence-electron chi connectivity index (χ4n) is 3.59. The summed E-state index contributed by atoms with van der Waals surface area (Å²) in [4.78, 5) is 0. The van der Waals surface area contributed by atoms with Crippen LogP contribution in [-0.4, -0.2) is 39.6 Å². The molecule has 0 saturated carbocycles. The predicted molar refractivity (Wildman–Crippen MR) is 111 cm³/mol. The molecular weight excluding hydrogens is 384 g/mol. The van der Waals surface area contributed by atoms with Gasteiger partial charge in [-0.1, -0.05) is 18.2 Å². The summed E-state index contributed by atoms with van der Waals surface area (Å²) in [6, 6.07) is 6.46. The van der Waals surface area contributed by atoms with Crippen molar-refractivity contribution in [1.82, 2.24) is 0 Å². The lowest BCUT2D eigenvalue weighted by molar-refractivity contribution is 0.0797. The van der Waals surface area contributed by atoms with Gasteiger partial charge < -0.3 is 28.4 Å². The van der Waals surface area contributed by atoms with Crippen molar-refractivity contribution in [2.75, 3.05) is 39.6 Å². The lowest BCUT2D eigenvalue weighted by atomic mass is 10.1. The third kappa shape index (κ3) is 6.62. The first-order valence-corrected chi connectivity index (χ1v) is 10.5. The largest absolute Gasteiger partial charge is 0.501 e. The van der Waals surface area contributed by atoms with Crippen LogP contribution in [0.15, 0.2) is 55.2 Å². The lowest BCUT2D eigenvalue weighted by Gasteiger charge is -2.14. The van der Waals surface area contributed by atoms with E-state index in [-0.39, 0.29) is 0 Å². The molecule has 0 spiro atoms. The Morgan fingerprint density at radius 2 is 0.900 bits per heavy atom. The first kappa shape index (κ1) is 21.0. The van der Waals surface area contributed by atoms with E-state index in [2.05, 4.69) is 18.2 Å². The number of hydrogen-bond acceptors (Lipinski definition) is 6. The van der Waals surface area contributed by atoms with Crippen LogP contribution in [0.4, 0.5) is 0 Å². The van der Waals surface area contributed by atoms with Gasteiger partial charge in [0.2, 0.25) is 0 Å². The summed E-state index contributed by atoms with van der Waals surface area (Å²) in [5, 5.41) is 0. The van der Waals surface area contributed by atoms with E-state index >= 15 is 0 Å². The number of ether oxygens (including phenoxy) is 6. The van der Waals surface area contributed by atoms with Crippen LogP contribution >= 0.6 is 0 Å². The highest BCUT2D eigenvalue weighted by Crippen LogP contribution is 2.18. The molecule has 0 amide bonds. The molecule has 0 radical (unpaired) electrons. The second kappa shape index (κ2) is 11.2. The normalized spacial score (nSPS) is 24.2. The van der Waals surface area contributed by atoms with Gasteiger partial charge in [0, 0.05) is 17.8 Å². The monoisotopic (exact) mass is 414 g/mol. The molecule has 1 aromatic carbocycles. The Morgan fingerprint density at radius 1 is 0.567 bits per heavy atom. The summed E-state index contributed by atoms with van der Waals surface area (Å²) in [6.07, 6.45) is 11.4. The molecule has 3 unspecified atom stereocenters. The summed E-state index contributed by atoms with van der Waals surface area (Å²) in [6.45, 7) is 5.75.